The van der Waals surface area contributed by atoms with Gasteiger partial charge in [-0.2, -0.15) is 0 Å². The van der Waals surface area contributed by atoms with E-state index in [1.54, 1.807) is 0 Å². The van der Waals surface area contributed by atoms with Crippen LogP contribution in [0.25, 0.3) is 0 Å². The van der Waals surface area contributed by atoms with E-state index in [9.17, 15) is 0 Å². The van der Waals surface area contributed by atoms with Gasteiger partial charge in [-0.15, -0.1) is 0 Å². The fourth-order valence-electron chi connectivity index (χ4n) is 2.78. The quantitative estimate of drug-likeness (QED) is 0.889. The minimum Gasteiger partial charge on any atom is -0.366 e. The second-order valence-corrected chi connectivity index (χ2v) is 5.38. The van der Waals surface area contributed by atoms with E-state index < -0.39 is 0 Å². The van der Waals surface area contributed by atoms with Gasteiger partial charge in [-0.05, 0) is 32.0 Å². The molecule has 1 aromatic carbocycles. The minimum absolute atomic E-state index is 0.146. The molecule has 100 valence electrons. The Balaban J connectivity index is 2.27. The number of rotatable bonds is 3. The van der Waals surface area contributed by atoms with Gasteiger partial charge < -0.3 is 15.5 Å². The standard InChI is InChI=1S/C15H25N3/c1-4-14(16)13-7-5-6-8-15(13)18-10-9-17(3)11-12(18)2/h5-8,12,14H,4,9-11,16H2,1-3H3/t12?,14-/m0/s1. The summed E-state index contributed by atoms with van der Waals surface area (Å²) in [6, 6.07) is 9.30. The van der Waals surface area contributed by atoms with Crippen LogP contribution in [0, 0.1) is 0 Å². The first-order valence-electron chi connectivity index (χ1n) is 6.93. The lowest BCUT2D eigenvalue weighted by molar-refractivity contribution is 0.275. The molecule has 1 aliphatic rings. The molecule has 1 heterocycles. The number of hydrogen-bond donors (Lipinski definition) is 1. The monoisotopic (exact) mass is 247 g/mol. The van der Waals surface area contributed by atoms with Gasteiger partial charge in [-0.25, -0.2) is 0 Å². The molecule has 0 aliphatic carbocycles. The van der Waals surface area contributed by atoms with Crippen molar-refractivity contribution in [3.63, 3.8) is 0 Å². The SMILES string of the molecule is CC[C@H](N)c1ccccc1N1CCN(C)CC1C. The molecule has 1 aliphatic heterocycles. The van der Waals surface area contributed by atoms with E-state index in [-0.39, 0.29) is 6.04 Å². The van der Waals surface area contributed by atoms with Gasteiger partial charge in [-0.1, -0.05) is 25.1 Å². The Bertz CT molecular complexity index is 391. The summed E-state index contributed by atoms with van der Waals surface area (Å²) in [5.74, 6) is 0. The van der Waals surface area contributed by atoms with Crippen molar-refractivity contribution in [2.75, 3.05) is 31.6 Å². The van der Waals surface area contributed by atoms with Gasteiger partial charge in [0.1, 0.15) is 0 Å². The topological polar surface area (TPSA) is 32.5 Å². The molecule has 2 N–H and O–H groups in total. The summed E-state index contributed by atoms with van der Waals surface area (Å²) in [7, 11) is 2.19. The minimum atomic E-state index is 0.146. The van der Waals surface area contributed by atoms with Gasteiger partial charge in [0, 0.05) is 37.4 Å². The van der Waals surface area contributed by atoms with Gasteiger partial charge in [0.15, 0.2) is 0 Å². The molecule has 1 saturated heterocycles. The van der Waals surface area contributed by atoms with Crippen molar-refractivity contribution in [3.8, 4) is 0 Å². The largest absolute Gasteiger partial charge is 0.366 e. The number of benzene rings is 1. The number of piperazine rings is 1. The summed E-state index contributed by atoms with van der Waals surface area (Å²) in [6.07, 6.45) is 0.985. The zero-order valence-electron chi connectivity index (χ0n) is 11.8. The van der Waals surface area contributed by atoms with Crippen molar-refractivity contribution in [1.82, 2.24) is 4.90 Å². The number of likely N-dealkylation sites (N-methyl/N-ethyl adjacent to an activating group) is 1. The molecule has 0 amide bonds. The fraction of sp³-hybridized carbons (Fsp3) is 0.600. The molecular formula is C15H25N3. The summed E-state index contributed by atoms with van der Waals surface area (Å²) in [5, 5.41) is 0. The number of hydrogen-bond acceptors (Lipinski definition) is 3. The third-order valence-corrected chi connectivity index (χ3v) is 3.92. The van der Waals surface area contributed by atoms with E-state index in [0.29, 0.717) is 6.04 Å². The number of para-hydroxylation sites is 1. The van der Waals surface area contributed by atoms with Crippen LogP contribution in [0.15, 0.2) is 24.3 Å². The van der Waals surface area contributed by atoms with E-state index in [1.165, 1.54) is 11.3 Å². The van der Waals surface area contributed by atoms with Gasteiger partial charge in [-0.3, -0.25) is 0 Å². The lowest BCUT2D eigenvalue weighted by Gasteiger charge is -2.41. The number of anilines is 1. The Morgan fingerprint density at radius 1 is 1.33 bits per heavy atom. The molecule has 0 radical (unpaired) electrons. The molecule has 0 aromatic heterocycles. The Kier molecular flexibility index (Phi) is 4.25. The molecular weight excluding hydrogens is 222 g/mol. The average Bonchev–Trinajstić information content (AvgIpc) is 2.38. The lowest BCUT2D eigenvalue weighted by Crippen LogP contribution is -2.51. The van der Waals surface area contributed by atoms with Crippen LogP contribution in [0.3, 0.4) is 0 Å². The Morgan fingerprint density at radius 2 is 2.06 bits per heavy atom. The summed E-state index contributed by atoms with van der Waals surface area (Å²) < 4.78 is 0. The third-order valence-electron chi connectivity index (χ3n) is 3.92. The maximum Gasteiger partial charge on any atom is 0.0417 e. The highest BCUT2D eigenvalue weighted by Gasteiger charge is 2.24. The first-order chi connectivity index (χ1) is 8.63. The predicted octanol–water partition coefficient (Wildman–Crippen LogP) is 2.24. The normalized spacial score (nSPS) is 23.1. The van der Waals surface area contributed by atoms with Gasteiger partial charge in [0.25, 0.3) is 0 Å². The fourth-order valence-corrected chi connectivity index (χ4v) is 2.78. The van der Waals surface area contributed by atoms with Gasteiger partial charge in [0.05, 0.1) is 0 Å². The summed E-state index contributed by atoms with van der Waals surface area (Å²) in [6.45, 7) is 7.78. The van der Waals surface area contributed by atoms with Crippen molar-refractivity contribution in [1.29, 1.82) is 0 Å². The van der Waals surface area contributed by atoms with Crippen LogP contribution in [0.4, 0.5) is 5.69 Å². The zero-order valence-corrected chi connectivity index (χ0v) is 11.8. The number of nitrogens with two attached hydrogens (primary N) is 1. The van der Waals surface area contributed by atoms with Crippen LogP contribution in [-0.4, -0.2) is 37.6 Å². The first-order valence-corrected chi connectivity index (χ1v) is 6.93. The van der Waals surface area contributed by atoms with Crippen LogP contribution < -0.4 is 10.6 Å². The highest BCUT2D eigenvalue weighted by molar-refractivity contribution is 5.56. The molecule has 3 nitrogen and oxygen atoms in total. The first kappa shape index (κ1) is 13.4. The van der Waals surface area contributed by atoms with Crippen molar-refractivity contribution in [2.24, 2.45) is 5.73 Å². The van der Waals surface area contributed by atoms with Crippen LogP contribution >= 0.6 is 0 Å². The summed E-state index contributed by atoms with van der Waals surface area (Å²) in [4.78, 5) is 4.90. The Labute approximate surface area is 111 Å². The van der Waals surface area contributed by atoms with Crippen LogP contribution in [0.5, 0.6) is 0 Å². The molecule has 1 fully saturated rings. The molecule has 0 bridgehead atoms. The molecule has 3 heteroatoms. The molecule has 18 heavy (non-hydrogen) atoms. The van der Waals surface area contributed by atoms with Gasteiger partial charge in [0.2, 0.25) is 0 Å². The van der Waals surface area contributed by atoms with Crippen LogP contribution in [0.1, 0.15) is 31.9 Å². The van der Waals surface area contributed by atoms with Crippen LogP contribution in [0.2, 0.25) is 0 Å². The second-order valence-electron chi connectivity index (χ2n) is 5.38. The molecule has 0 saturated carbocycles. The van der Waals surface area contributed by atoms with Crippen molar-refractivity contribution in [2.45, 2.75) is 32.4 Å². The number of nitrogens with zero attached hydrogens (tertiary/aromatic N) is 2. The van der Waals surface area contributed by atoms with E-state index in [2.05, 4.69) is 55.0 Å². The summed E-state index contributed by atoms with van der Waals surface area (Å²) >= 11 is 0. The maximum atomic E-state index is 6.24. The average molecular weight is 247 g/mol. The van der Waals surface area contributed by atoms with Gasteiger partial charge >= 0.3 is 0 Å². The highest BCUT2D eigenvalue weighted by Crippen LogP contribution is 2.29. The predicted molar refractivity (Wildman–Crippen MR) is 78.0 cm³/mol. The smallest absolute Gasteiger partial charge is 0.0417 e. The van der Waals surface area contributed by atoms with E-state index in [4.69, 9.17) is 5.73 Å². The molecule has 1 unspecified atom stereocenters. The lowest BCUT2D eigenvalue weighted by atomic mass is 10.0. The van der Waals surface area contributed by atoms with Crippen LogP contribution in [-0.2, 0) is 0 Å². The van der Waals surface area contributed by atoms with Crippen molar-refractivity contribution in [3.05, 3.63) is 29.8 Å². The molecule has 1 aromatic rings. The second kappa shape index (κ2) is 5.72. The molecule has 0 spiro atoms. The van der Waals surface area contributed by atoms with E-state index in [0.717, 1.165) is 26.1 Å². The summed E-state index contributed by atoms with van der Waals surface area (Å²) in [5.41, 5.74) is 8.85. The molecule has 2 rings (SSSR count). The maximum absolute atomic E-state index is 6.24. The van der Waals surface area contributed by atoms with Crippen molar-refractivity contribution < 1.29 is 0 Å². The Hall–Kier alpha value is -1.06. The zero-order chi connectivity index (χ0) is 13.1. The highest BCUT2D eigenvalue weighted by atomic mass is 15.3. The van der Waals surface area contributed by atoms with E-state index in [1.807, 2.05) is 0 Å². The Morgan fingerprint density at radius 3 is 2.72 bits per heavy atom. The molecule has 2 atom stereocenters. The van der Waals surface area contributed by atoms with Crippen molar-refractivity contribution >= 4 is 5.69 Å². The van der Waals surface area contributed by atoms with E-state index >= 15 is 0 Å². The third kappa shape index (κ3) is 2.68.